The van der Waals surface area contributed by atoms with Gasteiger partial charge in [0.15, 0.2) is 0 Å². The molecule has 1 unspecified atom stereocenters. The van der Waals surface area contributed by atoms with Gasteiger partial charge in [0.1, 0.15) is 0 Å². The molecule has 0 aromatic carbocycles. The summed E-state index contributed by atoms with van der Waals surface area (Å²) in [4.78, 5) is 0. The maximum atomic E-state index is 11.0. The molecule has 0 rings (SSSR count). The second-order valence-corrected chi connectivity index (χ2v) is 6.89. The van der Waals surface area contributed by atoms with Crippen LogP contribution in [-0.2, 0) is 0 Å². The molecule has 0 amide bonds. The molecule has 23 heavy (non-hydrogen) atoms. The Bertz CT molecular complexity index is 225. The second kappa shape index (κ2) is 18.2. The Morgan fingerprint density at radius 2 is 0.913 bits per heavy atom. The van der Waals surface area contributed by atoms with E-state index in [1.165, 1.54) is 83.5 Å². The fraction of sp³-hybridized carbons (Fsp3) is 1.00. The predicted octanol–water partition coefficient (Wildman–Crippen LogP) is 3.90. The molecule has 0 aromatic rings. The Hall–Kier alpha value is -0.160. The zero-order chi connectivity index (χ0) is 17.2. The summed E-state index contributed by atoms with van der Waals surface area (Å²) in [5, 5.41) is 27.8. The minimum atomic E-state index is -1.77. The molecule has 4 nitrogen and oxygen atoms in total. The Kier molecular flexibility index (Phi) is 18.1. The van der Waals surface area contributed by atoms with E-state index >= 15 is 0 Å². The molecule has 0 radical (unpaired) electrons. The van der Waals surface area contributed by atoms with Crippen molar-refractivity contribution in [3.05, 3.63) is 5.21 Å². The van der Waals surface area contributed by atoms with Crippen molar-refractivity contribution in [2.75, 3.05) is 6.54 Å². The van der Waals surface area contributed by atoms with E-state index in [0.29, 0.717) is 6.54 Å². The van der Waals surface area contributed by atoms with Crippen LogP contribution in [0.3, 0.4) is 0 Å². The number of nitrogens with one attached hydrogen (secondary N) is 1. The van der Waals surface area contributed by atoms with E-state index in [1.807, 2.05) is 0 Å². The zero-order valence-electron chi connectivity index (χ0n) is 15.4. The summed E-state index contributed by atoms with van der Waals surface area (Å²) in [7, 11) is 0. The highest BCUT2D eigenvalue weighted by atomic mass is 16.6. The Labute approximate surface area is 143 Å². The van der Waals surface area contributed by atoms with Crippen LogP contribution in [0.2, 0.25) is 0 Å². The number of hydrogen-bond acceptors (Lipinski definition) is 3. The van der Waals surface area contributed by atoms with Crippen molar-refractivity contribution >= 4 is 0 Å². The molecule has 0 heterocycles. The number of quaternary nitrogens is 1. The molecule has 3 N–H and O–H groups in total. The van der Waals surface area contributed by atoms with Gasteiger partial charge in [-0.15, -0.1) is 0 Å². The number of rotatable bonds is 18. The molecule has 0 saturated heterocycles. The summed E-state index contributed by atoms with van der Waals surface area (Å²) < 4.78 is 0. The SMILES string of the molecule is CCCCCCCCCCCCCCCCCC[NH+]([O-])C(O)O. The minimum Gasteiger partial charge on any atom is -0.631 e. The monoisotopic (exact) mass is 331 g/mol. The molecule has 0 aliphatic carbocycles. The maximum Gasteiger partial charge on any atom is 0.302 e. The van der Waals surface area contributed by atoms with Crippen LogP contribution in [0.15, 0.2) is 0 Å². The van der Waals surface area contributed by atoms with E-state index in [0.717, 1.165) is 19.3 Å². The van der Waals surface area contributed by atoms with Crippen molar-refractivity contribution in [3.8, 4) is 0 Å². The summed E-state index contributed by atoms with van der Waals surface area (Å²) in [5.74, 6) is 0. The second-order valence-electron chi connectivity index (χ2n) is 6.89. The van der Waals surface area contributed by atoms with Crippen LogP contribution in [0, 0.1) is 5.21 Å². The van der Waals surface area contributed by atoms with E-state index in [2.05, 4.69) is 6.92 Å². The first kappa shape index (κ1) is 22.8. The van der Waals surface area contributed by atoms with Gasteiger partial charge in [-0.3, -0.25) is 0 Å². The summed E-state index contributed by atoms with van der Waals surface area (Å²) in [5.41, 5.74) is 0. The van der Waals surface area contributed by atoms with Gasteiger partial charge in [-0.25, -0.2) is 0 Å². The highest BCUT2D eigenvalue weighted by molar-refractivity contribution is 4.49. The molecule has 0 aromatic heterocycles. The fourth-order valence-corrected chi connectivity index (χ4v) is 2.98. The molecule has 0 spiro atoms. The van der Waals surface area contributed by atoms with E-state index in [4.69, 9.17) is 10.2 Å². The molecule has 0 bridgehead atoms. The lowest BCUT2D eigenvalue weighted by atomic mass is 10.0. The first-order valence-corrected chi connectivity index (χ1v) is 10.1. The average Bonchev–Trinajstić information content (AvgIpc) is 2.54. The number of hydroxylamine groups is 2. The predicted molar refractivity (Wildman–Crippen MR) is 97.0 cm³/mol. The van der Waals surface area contributed by atoms with Crippen molar-refractivity contribution in [2.45, 2.75) is 116 Å². The van der Waals surface area contributed by atoms with Gasteiger partial charge < -0.3 is 20.5 Å². The van der Waals surface area contributed by atoms with Crippen LogP contribution in [0.25, 0.3) is 0 Å². The van der Waals surface area contributed by atoms with Gasteiger partial charge in [-0.1, -0.05) is 96.8 Å². The summed E-state index contributed by atoms with van der Waals surface area (Å²) in [6.45, 7) is 2.57. The van der Waals surface area contributed by atoms with Crippen LogP contribution in [0.4, 0.5) is 0 Å². The van der Waals surface area contributed by atoms with Gasteiger partial charge in [0, 0.05) is 0 Å². The highest BCUT2D eigenvalue weighted by Crippen LogP contribution is 2.13. The van der Waals surface area contributed by atoms with Crippen LogP contribution in [0.1, 0.15) is 110 Å². The quantitative estimate of drug-likeness (QED) is 0.203. The lowest BCUT2D eigenvalue weighted by molar-refractivity contribution is -0.927. The van der Waals surface area contributed by atoms with Gasteiger partial charge >= 0.3 is 6.41 Å². The van der Waals surface area contributed by atoms with E-state index < -0.39 is 11.5 Å². The largest absolute Gasteiger partial charge is 0.631 e. The third-order valence-electron chi connectivity index (χ3n) is 4.56. The maximum absolute atomic E-state index is 11.0. The first-order valence-electron chi connectivity index (χ1n) is 10.1. The van der Waals surface area contributed by atoms with Gasteiger partial charge in [-0.05, 0) is 12.8 Å². The van der Waals surface area contributed by atoms with Gasteiger partial charge in [0.05, 0.1) is 6.54 Å². The average molecular weight is 332 g/mol. The lowest BCUT2D eigenvalue weighted by Gasteiger charge is -2.23. The number of aliphatic hydroxyl groups is 2. The number of hydrogen-bond donors (Lipinski definition) is 3. The fourth-order valence-electron chi connectivity index (χ4n) is 2.98. The van der Waals surface area contributed by atoms with Crippen molar-refractivity contribution < 1.29 is 15.3 Å². The Balaban J connectivity index is 3.03. The standard InChI is InChI=1S/C19H41NO3/c1-2-3-4-5-6-7-8-9-10-11-12-13-14-15-16-17-18-20(23)19(21)22/h19-22H,2-18H2,1H3. The van der Waals surface area contributed by atoms with Crippen LogP contribution in [-0.4, -0.2) is 23.2 Å². The molecule has 0 fully saturated rings. The highest BCUT2D eigenvalue weighted by Gasteiger charge is 2.04. The molecule has 140 valence electrons. The van der Waals surface area contributed by atoms with Gasteiger partial charge in [0.2, 0.25) is 0 Å². The van der Waals surface area contributed by atoms with Gasteiger partial charge in [0.25, 0.3) is 0 Å². The molecule has 0 aliphatic heterocycles. The summed E-state index contributed by atoms with van der Waals surface area (Å²) in [6.07, 6.45) is 19.1. The molecule has 0 aliphatic rings. The normalized spacial score (nSPS) is 12.9. The van der Waals surface area contributed by atoms with Crippen molar-refractivity contribution in [2.24, 2.45) is 0 Å². The van der Waals surface area contributed by atoms with Crippen molar-refractivity contribution in [1.82, 2.24) is 0 Å². The Morgan fingerprint density at radius 1 is 0.609 bits per heavy atom. The van der Waals surface area contributed by atoms with Crippen LogP contribution in [0.5, 0.6) is 0 Å². The number of unbranched alkanes of at least 4 members (excludes halogenated alkanes) is 15. The van der Waals surface area contributed by atoms with E-state index in [-0.39, 0.29) is 0 Å². The van der Waals surface area contributed by atoms with Gasteiger partial charge in [-0.2, -0.15) is 0 Å². The molecular formula is C19H41NO3. The topological polar surface area (TPSA) is 68.0 Å². The van der Waals surface area contributed by atoms with Crippen molar-refractivity contribution in [1.29, 1.82) is 0 Å². The molecule has 0 saturated carbocycles. The van der Waals surface area contributed by atoms with Crippen molar-refractivity contribution in [3.63, 3.8) is 0 Å². The van der Waals surface area contributed by atoms with Crippen LogP contribution < -0.4 is 5.06 Å². The molecule has 4 heteroatoms. The third-order valence-corrected chi connectivity index (χ3v) is 4.56. The van der Waals surface area contributed by atoms with Crippen LogP contribution >= 0.6 is 0 Å². The third kappa shape index (κ3) is 18.0. The molecule has 1 atom stereocenters. The smallest absolute Gasteiger partial charge is 0.302 e. The summed E-state index contributed by atoms with van der Waals surface area (Å²) in [6, 6.07) is 0. The summed E-state index contributed by atoms with van der Waals surface area (Å²) >= 11 is 0. The number of aliphatic hydroxyl groups excluding tert-OH is 1. The Morgan fingerprint density at radius 3 is 1.22 bits per heavy atom. The van der Waals surface area contributed by atoms with E-state index in [1.54, 1.807) is 0 Å². The lowest BCUT2D eigenvalue weighted by Crippen LogP contribution is -3.11. The minimum absolute atomic E-state index is 0.302. The first-order chi connectivity index (χ1) is 11.2. The molecular weight excluding hydrogens is 290 g/mol. The zero-order valence-corrected chi connectivity index (χ0v) is 15.4. The van der Waals surface area contributed by atoms with E-state index in [9.17, 15) is 5.21 Å².